The summed E-state index contributed by atoms with van der Waals surface area (Å²) in [6, 6.07) is 10.8. The maximum absolute atomic E-state index is 12.3. The number of benzene rings is 1. The van der Waals surface area contributed by atoms with Crippen LogP contribution in [0, 0.1) is 5.92 Å². The summed E-state index contributed by atoms with van der Waals surface area (Å²) in [5.41, 5.74) is 1.01. The number of nitrogens with zero attached hydrogens (tertiary/aromatic N) is 2. The monoisotopic (exact) mass is 373 g/mol. The smallest absolute Gasteiger partial charge is 0.225 e. The Hall–Kier alpha value is -2.60. The molecule has 26 heavy (non-hydrogen) atoms. The molecule has 0 radical (unpaired) electrons. The zero-order chi connectivity index (χ0) is 18.4. The molecule has 0 saturated carbocycles. The number of hydrogen-bond acceptors (Lipinski definition) is 4. The lowest BCUT2D eigenvalue weighted by molar-refractivity contribution is -0.129. The van der Waals surface area contributed by atoms with Crippen LogP contribution in [-0.2, 0) is 16.1 Å². The maximum atomic E-state index is 12.3. The third-order valence-electron chi connectivity index (χ3n) is 4.19. The van der Waals surface area contributed by atoms with Gasteiger partial charge in [0.1, 0.15) is 12.4 Å². The van der Waals surface area contributed by atoms with Gasteiger partial charge in [-0.2, -0.15) is 0 Å². The van der Waals surface area contributed by atoms with E-state index >= 15 is 0 Å². The molecule has 2 heterocycles. The number of pyridine rings is 1. The number of hydrogen-bond donors (Lipinski definition) is 1. The van der Waals surface area contributed by atoms with Crippen LogP contribution in [0.15, 0.2) is 48.8 Å². The SMILES string of the molecule is O=C(NCCOc1ccc(Cl)cc1)[C@@H]1CC(=O)N(Cc2ccncc2)C1. The van der Waals surface area contributed by atoms with Crippen LogP contribution in [0.2, 0.25) is 5.02 Å². The molecule has 1 fully saturated rings. The van der Waals surface area contributed by atoms with Crippen LogP contribution in [0.4, 0.5) is 0 Å². The Morgan fingerprint density at radius 2 is 1.96 bits per heavy atom. The highest BCUT2D eigenvalue weighted by atomic mass is 35.5. The van der Waals surface area contributed by atoms with E-state index in [9.17, 15) is 9.59 Å². The van der Waals surface area contributed by atoms with E-state index in [0.29, 0.717) is 37.0 Å². The Morgan fingerprint density at radius 3 is 2.69 bits per heavy atom. The van der Waals surface area contributed by atoms with Gasteiger partial charge < -0.3 is 15.0 Å². The molecule has 1 saturated heterocycles. The van der Waals surface area contributed by atoms with Gasteiger partial charge in [0, 0.05) is 36.9 Å². The number of carbonyl (C=O) groups excluding carboxylic acids is 2. The molecular weight excluding hydrogens is 354 g/mol. The van der Waals surface area contributed by atoms with Gasteiger partial charge in [0.05, 0.1) is 12.5 Å². The van der Waals surface area contributed by atoms with Crippen LogP contribution in [0.1, 0.15) is 12.0 Å². The van der Waals surface area contributed by atoms with Crippen molar-refractivity contribution in [1.82, 2.24) is 15.2 Å². The highest BCUT2D eigenvalue weighted by Crippen LogP contribution is 2.20. The van der Waals surface area contributed by atoms with Gasteiger partial charge in [0.25, 0.3) is 0 Å². The number of amides is 2. The average Bonchev–Trinajstić information content (AvgIpc) is 3.01. The van der Waals surface area contributed by atoms with Crippen LogP contribution in [0.25, 0.3) is 0 Å². The van der Waals surface area contributed by atoms with Gasteiger partial charge in [-0.15, -0.1) is 0 Å². The second-order valence-corrected chi connectivity index (χ2v) is 6.56. The Morgan fingerprint density at radius 1 is 1.23 bits per heavy atom. The number of ether oxygens (including phenoxy) is 1. The molecule has 2 amide bonds. The lowest BCUT2D eigenvalue weighted by atomic mass is 10.1. The Labute approximate surface area is 157 Å². The third-order valence-corrected chi connectivity index (χ3v) is 4.44. The van der Waals surface area contributed by atoms with E-state index in [0.717, 1.165) is 5.56 Å². The molecule has 7 heteroatoms. The van der Waals surface area contributed by atoms with E-state index in [4.69, 9.17) is 16.3 Å². The normalized spacial score (nSPS) is 16.6. The first kappa shape index (κ1) is 18.2. The van der Waals surface area contributed by atoms with Gasteiger partial charge in [-0.25, -0.2) is 0 Å². The quantitative estimate of drug-likeness (QED) is 0.756. The van der Waals surface area contributed by atoms with Crippen LogP contribution in [-0.4, -0.2) is 41.4 Å². The minimum absolute atomic E-state index is 0.000577. The van der Waals surface area contributed by atoms with Crippen molar-refractivity contribution in [2.75, 3.05) is 19.7 Å². The van der Waals surface area contributed by atoms with E-state index in [1.807, 2.05) is 12.1 Å². The fourth-order valence-corrected chi connectivity index (χ4v) is 2.95. The number of carbonyl (C=O) groups is 2. The summed E-state index contributed by atoms with van der Waals surface area (Å²) in [4.78, 5) is 30.1. The summed E-state index contributed by atoms with van der Waals surface area (Å²) in [7, 11) is 0. The van der Waals surface area contributed by atoms with Gasteiger partial charge in [0.2, 0.25) is 11.8 Å². The minimum Gasteiger partial charge on any atom is -0.492 e. The summed E-state index contributed by atoms with van der Waals surface area (Å²) >= 11 is 5.81. The number of halogens is 1. The third kappa shape index (κ3) is 4.95. The van der Waals surface area contributed by atoms with Crippen LogP contribution >= 0.6 is 11.6 Å². The van der Waals surface area contributed by atoms with E-state index in [1.165, 1.54) is 0 Å². The summed E-state index contributed by atoms with van der Waals surface area (Å²) in [5, 5.41) is 3.48. The number of nitrogens with one attached hydrogen (secondary N) is 1. The van der Waals surface area contributed by atoms with Crippen molar-refractivity contribution in [1.29, 1.82) is 0 Å². The first-order valence-corrected chi connectivity index (χ1v) is 8.82. The van der Waals surface area contributed by atoms with Gasteiger partial charge in [-0.1, -0.05) is 11.6 Å². The molecule has 0 unspecified atom stereocenters. The highest BCUT2D eigenvalue weighted by Gasteiger charge is 2.33. The van der Waals surface area contributed by atoms with Crippen molar-refractivity contribution in [3.05, 3.63) is 59.4 Å². The van der Waals surface area contributed by atoms with E-state index < -0.39 is 0 Å². The number of rotatable bonds is 7. The number of likely N-dealkylation sites (tertiary alicyclic amines) is 1. The second kappa shape index (κ2) is 8.67. The summed E-state index contributed by atoms with van der Waals surface area (Å²) in [6.07, 6.45) is 3.64. The minimum atomic E-state index is -0.320. The van der Waals surface area contributed by atoms with E-state index in [2.05, 4.69) is 10.3 Å². The molecule has 2 aromatic rings. The van der Waals surface area contributed by atoms with Gasteiger partial charge >= 0.3 is 0 Å². The van der Waals surface area contributed by atoms with Crippen LogP contribution < -0.4 is 10.1 Å². The maximum Gasteiger partial charge on any atom is 0.225 e. The van der Waals surface area contributed by atoms with E-state index in [1.54, 1.807) is 41.6 Å². The van der Waals surface area contributed by atoms with Crippen molar-refractivity contribution in [3.63, 3.8) is 0 Å². The van der Waals surface area contributed by atoms with Crippen molar-refractivity contribution >= 4 is 23.4 Å². The molecule has 6 nitrogen and oxygen atoms in total. The molecule has 136 valence electrons. The topological polar surface area (TPSA) is 71.5 Å². The van der Waals surface area contributed by atoms with Crippen molar-refractivity contribution < 1.29 is 14.3 Å². The molecule has 1 N–H and O–H groups in total. The molecule has 1 aromatic carbocycles. The van der Waals surface area contributed by atoms with Crippen molar-refractivity contribution in [2.24, 2.45) is 5.92 Å². The molecular formula is C19H20ClN3O3. The zero-order valence-corrected chi connectivity index (χ0v) is 15.0. The van der Waals surface area contributed by atoms with Gasteiger partial charge in [-0.3, -0.25) is 14.6 Å². The highest BCUT2D eigenvalue weighted by molar-refractivity contribution is 6.30. The molecule has 1 atom stereocenters. The van der Waals surface area contributed by atoms with Gasteiger partial charge in [-0.05, 0) is 42.0 Å². The summed E-state index contributed by atoms with van der Waals surface area (Å²) in [5.74, 6) is 0.262. The van der Waals surface area contributed by atoms with E-state index in [-0.39, 0.29) is 24.2 Å². The fourth-order valence-electron chi connectivity index (χ4n) is 2.83. The molecule has 1 aromatic heterocycles. The Bertz CT molecular complexity index is 752. The summed E-state index contributed by atoms with van der Waals surface area (Å²) in [6.45, 7) is 1.68. The Kier molecular flexibility index (Phi) is 6.07. The zero-order valence-electron chi connectivity index (χ0n) is 14.2. The predicted molar refractivity (Wildman–Crippen MR) is 97.7 cm³/mol. The Balaban J connectivity index is 1.41. The van der Waals surface area contributed by atoms with Crippen LogP contribution in [0.3, 0.4) is 0 Å². The first-order valence-electron chi connectivity index (χ1n) is 8.44. The molecule has 1 aliphatic rings. The molecule has 0 bridgehead atoms. The number of aromatic nitrogens is 1. The molecule has 3 rings (SSSR count). The van der Waals surface area contributed by atoms with Crippen LogP contribution in [0.5, 0.6) is 5.75 Å². The largest absolute Gasteiger partial charge is 0.492 e. The second-order valence-electron chi connectivity index (χ2n) is 6.12. The fraction of sp³-hybridized carbons (Fsp3) is 0.316. The van der Waals surface area contributed by atoms with Crippen molar-refractivity contribution in [3.8, 4) is 5.75 Å². The molecule has 1 aliphatic heterocycles. The summed E-state index contributed by atoms with van der Waals surface area (Å²) < 4.78 is 5.54. The van der Waals surface area contributed by atoms with Crippen molar-refractivity contribution in [2.45, 2.75) is 13.0 Å². The van der Waals surface area contributed by atoms with Gasteiger partial charge in [0.15, 0.2) is 0 Å². The first-order chi connectivity index (χ1) is 12.6. The molecule has 0 aliphatic carbocycles. The average molecular weight is 374 g/mol. The lowest BCUT2D eigenvalue weighted by Crippen LogP contribution is -2.35. The lowest BCUT2D eigenvalue weighted by Gasteiger charge is -2.16. The molecule has 0 spiro atoms. The predicted octanol–water partition coefficient (Wildman–Crippen LogP) is 2.28. The standard InChI is InChI=1S/C19H20ClN3O3/c20-16-1-3-17(4-2-16)26-10-9-22-19(25)15-11-18(24)23(13-15)12-14-5-7-21-8-6-14/h1-8,15H,9-13H2,(H,22,25)/t15-/m1/s1.